The quantitative estimate of drug-likeness (QED) is 0.394. The van der Waals surface area contributed by atoms with Gasteiger partial charge in [-0.2, -0.15) is 0 Å². The van der Waals surface area contributed by atoms with Gasteiger partial charge in [0.05, 0.1) is 6.33 Å². The molecule has 6 rings (SSSR count). The number of carbonyl (C=O) groups excluding carboxylic acids is 2. The van der Waals surface area contributed by atoms with Gasteiger partial charge in [-0.15, -0.1) is 0 Å². The van der Waals surface area contributed by atoms with Gasteiger partial charge in [0.15, 0.2) is 23.8 Å². The summed E-state index contributed by atoms with van der Waals surface area (Å²) in [5, 5.41) is 24.0. The summed E-state index contributed by atoms with van der Waals surface area (Å²) in [5.41, 5.74) is 6.93. The molecular weight excluding hydrogens is 506 g/mol. The van der Waals surface area contributed by atoms with E-state index in [-0.39, 0.29) is 24.1 Å². The van der Waals surface area contributed by atoms with Crippen LogP contribution in [0.3, 0.4) is 0 Å². The minimum absolute atomic E-state index is 0.0750. The summed E-state index contributed by atoms with van der Waals surface area (Å²) >= 11 is 0. The number of nitrogens with two attached hydrogens (primary N) is 1. The first kappa shape index (κ1) is 26.2. The Morgan fingerprint density at radius 2 is 1.82 bits per heavy atom. The number of piperidine rings is 1. The predicted molar refractivity (Wildman–Crippen MR) is 138 cm³/mol. The first-order valence-electron chi connectivity index (χ1n) is 14.1. The van der Waals surface area contributed by atoms with E-state index in [1.807, 2.05) is 4.90 Å². The number of nitrogens with zero attached hydrogens (tertiary/aromatic N) is 5. The fourth-order valence-corrected chi connectivity index (χ4v) is 5.86. The third kappa shape index (κ3) is 5.52. The van der Waals surface area contributed by atoms with Crippen molar-refractivity contribution < 1.29 is 29.3 Å². The van der Waals surface area contributed by atoms with Crippen molar-refractivity contribution in [3.05, 3.63) is 12.2 Å². The van der Waals surface area contributed by atoms with Crippen LogP contribution < -0.4 is 11.1 Å². The fourth-order valence-electron chi connectivity index (χ4n) is 5.86. The molecule has 2 aliphatic heterocycles. The van der Waals surface area contributed by atoms with Gasteiger partial charge in [-0.25, -0.2) is 19.7 Å². The van der Waals surface area contributed by atoms with E-state index >= 15 is 0 Å². The van der Waals surface area contributed by atoms with Crippen molar-refractivity contribution >= 4 is 29.0 Å². The van der Waals surface area contributed by atoms with Crippen molar-refractivity contribution in [2.24, 2.45) is 5.92 Å². The molecule has 4 heterocycles. The Bertz CT molecular complexity index is 1200. The second-order valence-electron chi connectivity index (χ2n) is 11.3. The number of aryl methyl sites for hydroxylation is 1. The normalized spacial score (nSPS) is 28.3. The summed E-state index contributed by atoms with van der Waals surface area (Å²) in [6.07, 6.45) is 5.56. The molecule has 5 N–H and O–H groups in total. The summed E-state index contributed by atoms with van der Waals surface area (Å²) in [4.78, 5) is 40.2. The number of hydrogen-bond donors (Lipinski definition) is 4. The lowest BCUT2D eigenvalue weighted by atomic mass is 9.92. The molecular formula is C26H37N7O6. The first-order valence-corrected chi connectivity index (χ1v) is 14.1. The van der Waals surface area contributed by atoms with Gasteiger partial charge in [0.25, 0.3) is 5.91 Å². The Balaban J connectivity index is 1.08. The van der Waals surface area contributed by atoms with Gasteiger partial charge in [-0.1, -0.05) is 0 Å². The molecule has 39 heavy (non-hydrogen) atoms. The van der Waals surface area contributed by atoms with Crippen LogP contribution in [0.25, 0.3) is 11.2 Å². The number of hydrogen-bond acceptors (Lipinski definition) is 10. The number of aliphatic hydroxyl groups is 2. The van der Waals surface area contributed by atoms with Gasteiger partial charge >= 0.3 is 6.09 Å². The molecule has 13 heteroatoms. The molecule has 0 radical (unpaired) electrons. The van der Waals surface area contributed by atoms with E-state index < -0.39 is 30.4 Å². The number of rotatable bonds is 7. The molecule has 2 saturated carbocycles. The highest BCUT2D eigenvalue weighted by molar-refractivity contribution is 5.83. The number of aromatic nitrogens is 4. The summed E-state index contributed by atoms with van der Waals surface area (Å²) < 4.78 is 13.0. The molecule has 4 atom stereocenters. The maximum atomic E-state index is 12.5. The van der Waals surface area contributed by atoms with Crippen LogP contribution in [0.2, 0.25) is 0 Å². The number of aliphatic hydroxyl groups excluding tert-OH is 2. The predicted octanol–water partition coefficient (Wildman–Crippen LogP) is 1.03. The minimum Gasteiger partial charge on any atom is -0.446 e. The SMILES string of the molecule is Nc1nc(CCC2CCN(C(=O)OC3CCCC3)CC2)nc2c1ncn2[C@@H]1O[C@H](C(=O)NC2CC2)C(O)C1O. The molecule has 2 unspecified atom stereocenters. The number of fused-ring (bicyclic) bond motifs is 1. The van der Waals surface area contributed by atoms with Gasteiger partial charge in [0.2, 0.25) is 0 Å². The van der Waals surface area contributed by atoms with Gasteiger partial charge < -0.3 is 35.6 Å². The number of anilines is 1. The van der Waals surface area contributed by atoms with Crippen LogP contribution in [-0.4, -0.2) is 90.2 Å². The maximum absolute atomic E-state index is 12.5. The van der Waals surface area contributed by atoms with Gasteiger partial charge in [0.1, 0.15) is 29.7 Å². The van der Waals surface area contributed by atoms with Crippen molar-refractivity contribution in [1.29, 1.82) is 0 Å². The number of imidazole rings is 1. The monoisotopic (exact) mass is 543 g/mol. The van der Waals surface area contributed by atoms with Gasteiger partial charge in [-0.3, -0.25) is 9.36 Å². The summed E-state index contributed by atoms with van der Waals surface area (Å²) in [7, 11) is 0. The summed E-state index contributed by atoms with van der Waals surface area (Å²) in [6, 6.07) is 0.103. The molecule has 2 saturated heterocycles. The van der Waals surface area contributed by atoms with Crippen molar-refractivity contribution in [2.45, 2.75) is 101 Å². The Morgan fingerprint density at radius 1 is 1.08 bits per heavy atom. The van der Waals surface area contributed by atoms with E-state index in [1.165, 1.54) is 10.9 Å². The number of amides is 2. The zero-order valence-electron chi connectivity index (χ0n) is 21.9. The maximum Gasteiger partial charge on any atom is 0.410 e. The molecule has 0 aromatic carbocycles. The lowest BCUT2D eigenvalue weighted by molar-refractivity contribution is -0.137. The molecule has 4 aliphatic rings. The van der Waals surface area contributed by atoms with Crippen LogP contribution in [0, 0.1) is 5.92 Å². The van der Waals surface area contributed by atoms with E-state index in [2.05, 4.69) is 20.3 Å². The average Bonchev–Trinajstić information content (AvgIpc) is 3.28. The van der Waals surface area contributed by atoms with Crippen molar-refractivity contribution in [2.75, 3.05) is 18.8 Å². The standard InChI is InChI=1S/C26H37N7O6/c27-22-18-23(33(13-28-18)25-20(35)19(34)21(39-25)24(36)29-15-6-7-15)31-17(30-22)8-5-14-9-11-32(12-10-14)26(37)38-16-3-1-2-4-16/h13-16,19-21,25,34-35H,1-12H2,(H,29,36)(H2,27,30,31)/t19?,20?,21-,25+/m0/s1. The molecule has 0 spiro atoms. The van der Waals surface area contributed by atoms with Crippen molar-refractivity contribution in [3.8, 4) is 0 Å². The Kier molecular flexibility index (Phi) is 7.29. The highest BCUT2D eigenvalue weighted by atomic mass is 16.6. The smallest absolute Gasteiger partial charge is 0.410 e. The molecule has 13 nitrogen and oxygen atoms in total. The molecule has 2 aromatic heterocycles. The summed E-state index contributed by atoms with van der Waals surface area (Å²) in [5.74, 6) is 0.741. The number of nitrogen functional groups attached to an aromatic ring is 1. The fraction of sp³-hybridized carbons (Fsp3) is 0.731. The van der Waals surface area contributed by atoms with E-state index in [4.69, 9.17) is 15.2 Å². The molecule has 2 amide bonds. The average molecular weight is 544 g/mol. The van der Waals surface area contributed by atoms with Crippen LogP contribution in [0.4, 0.5) is 10.6 Å². The van der Waals surface area contributed by atoms with Gasteiger partial charge in [-0.05, 0) is 63.7 Å². The molecule has 4 fully saturated rings. The molecule has 2 aromatic rings. The van der Waals surface area contributed by atoms with Crippen LogP contribution in [0.5, 0.6) is 0 Å². The topological polar surface area (TPSA) is 178 Å². The van der Waals surface area contributed by atoms with E-state index in [0.717, 1.165) is 57.8 Å². The Morgan fingerprint density at radius 3 is 2.54 bits per heavy atom. The van der Waals surface area contributed by atoms with E-state index in [0.29, 0.717) is 42.4 Å². The van der Waals surface area contributed by atoms with Gasteiger partial charge in [0, 0.05) is 25.6 Å². The second kappa shape index (κ2) is 10.9. The van der Waals surface area contributed by atoms with Crippen molar-refractivity contribution in [3.63, 3.8) is 0 Å². The number of nitrogens with one attached hydrogen (secondary N) is 1. The Hall–Kier alpha value is -3.03. The van der Waals surface area contributed by atoms with E-state index in [1.54, 1.807) is 0 Å². The lowest BCUT2D eigenvalue weighted by Crippen LogP contribution is -2.43. The number of ether oxygens (including phenoxy) is 2. The lowest BCUT2D eigenvalue weighted by Gasteiger charge is -2.32. The highest BCUT2D eigenvalue weighted by Crippen LogP contribution is 2.33. The van der Waals surface area contributed by atoms with Crippen LogP contribution in [-0.2, 0) is 20.7 Å². The largest absolute Gasteiger partial charge is 0.446 e. The Labute approximate surface area is 226 Å². The molecule has 0 bridgehead atoms. The van der Waals surface area contributed by atoms with Crippen LogP contribution >= 0.6 is 0 Å². The second-order valence-corrected chi connectivity index (χ2v) is 11.3. The molecule has 212 valence electrons. The first-order chi connectivity index (χ1) is 18.9. The van der Waals surface area contributed by atoms with Crippen molar-refractivity contribution in [1.82, 2.24) is 29.7 Å². The van der Waals surface area contributed by atoms with Crippen LogP contribution in [0.1, 0.15) is 69.8 Å². The minimum atomic E-state index is -1.38. The van der Waals surface area contributed by atoms with Crippen LogP contribution in [0.15, 0.2) is 6.33 Å². The highest BCUT2D eigenvalue weighted by Gasteiger charge is 2.48. The number of likely N-dealkylation sites (tertiary alicyclic amines) is 1. The zero-order chi connectivity index (χ0) is 27.1. The zero-order valence-corrected chi connectivity index (χ0v) is 21.9. The third-order valence-electron chi connectivity index (χ3n) is 8.41. The van der Waals surface area contributed by atoms with E-state index in [9.17, 15) is 19.8 Å². The summed E-state index contributed by atoms with van der Waals surface area (Å²) in [6.45, 7) is 1.36. The molecule has 2 aliphatic carbocycles. The number of carbonyl (C=O) groups is 2. The third-order valence-corrected chi connectivity index (χ3v) is 8.41.